The highest BCUT2D eigenvalue weighted by Gasteiger charge is 2.19. The van der Waals surface area contributed by atoms with Gasteiger partial charge in [0, 0.05) is 19.3 Å². The number of ether oxygens (including phenoxy) is 3. The van der Waals surface area contributed by atoms with E-state index in [9.17, 15) is 14.4 Å². The van der Waals surface area contributed by atoms with Crippen LogP contribution in [0.25, 0.3) is 0 Å². The van der Waals surface area contributed by atoms with E-state index in [1.165, 1.54) is 289 Å². The molecule has 0 bridgehead atoms. The van der Waals surface area contributed by atoms with E-state index in [0.717, 1.165) is 64.2 Å². The molecule has 1 atom stereocenters. The number of rotatable bonds is 66. The molecule has 6 nitrogen and oxygen atoms in total. The number of unbranched alkanes of at least 4 members (excludes halogenated alkanes) is 49. The molecule has 0 aliphatic carbocycles. The summed E-state index contributed by atoms with van der Waals surface area (Å²) in [5.74, 6) is -0.843. The highest BCUT2D eigenvalue weighted by molar-refractivity contribution is 5.71. The summed E-state index contributed by atoms with van der Waals surface area (Å²) < 4.78 is 17.0. The van der Waals surface area contributed by atoms with Crippen molar-refractivity contribution in [3.05, 3.63) is 36.5 Å². The number of carbonyl (C=O) groups is 3. The molecule has 0 heterocycles. The van der Waals surface area contributed by atoms with Crippen LogP contribution in [0.4, 0.5) is 0 Å². The van der Waals surface area contributed by atoms with E-state index >= 15 is 0 Å². The van der Waals surface area contributed by atoms with Crippen LogP contribution in [0.15, 0.2) is 36.5 Å². The Bertz CT molecular complexity index is 1320. The topological polar surface area (TPSA) is 78.9 Å². The van der Waals surface area contributed by atoms with Gasteiger partial charge >= 0.3 is 17.9 Å². The van der Waals surface area contributed by atoms with Gasteiger partial charge in [-0.25, -0.2) is 0 Å². The van der Waals surface area contributed by atoms with Crippen molar-refractivity contribution < 1.29 is 28.6 Å². The van der Waals surface area contributed by atoms with Crippen molar-refractivity contribution in [1.29, 1.82) is 0 Å². The van der Waals surface area contributed by atoms with Gasteiger partial charge in [-0.3, -0.25) is 14.4 Å². The molecule has 0 aromatic rings. The van der Waals surface area contributed by atoms with E-state index in [1.54, 1.807) is 0 Å². The molecule has 0 spiro atoms. The van der Waals surface area contributed by atoms with Crippen molar-refractivity contribution in [3.8, 4) is 0 Å². The Hall–Kier alpha value is -2.37. The van der Waals surface area contributed by atoms with Crippen LogP contribution in [0.1, 0.15) is 393 Å². The number of allylic oxidation sites excluding steroid dienone is 6. The van der Waals surface area contributed by atoms with Gasteiger partial charge in [0.2, 0.25) is 0 Å². The molecule has 0 amide bonds. The van der Waals surface area contributed by atoms with Crippen LogP contribution in [0.3, 0.4) is 0 Å². The second-order valence-electron chi connectivity index (χ2n) is 24.1. The van der Waals surface area contributed by atoms with Crippen molar-refractivity contribution in [3.63, 3.8) is 0 Å². The fourth-order valence-corrected chi connectivity index (χ4v) is 10.8. The summed E-state index contributed by atoms with van der Waals surface area (Å²) in [6.07, 6.45) is 84.5. The average Bonchev–Trinajstić information content (AvgIpc) is 3.45. The van der Waals surface area contributed by atoms with Gasteiger partial charge in [0.1, 0.15) is 13.2 Å². The van der Waals surface area contributed by atoms with Crippen molar-refractivity contribution in [2.24, 2.45) is 0 Å². The van der Waals surface area contributed by atoms with Crippen molar-refractivity contribution >= 4 is 17.9 Å². The number of esters is 3. The van der Waals surface area contributed by atoms with Gasteiger partial charge < -0.3 is 14.2 Å². The van der Waals surface area contributed by atoms with Gasteiger partial charge in [-0.1, -0.05) is 333 Å². The summed E-state index contributed by atoms with van der Waals surface area (Å²) in [5.41, 5.74) is 0. The first-order valence-electron chi connectivity index (χ1n) is 35.5. The summed E-state index contributed by atoms with van der Waals surface area (Å²) in [6, 6.07) is 0. The van der Waals surface area contributed by atoms with Crippen molar-refractivity contribution in [2.75, 3.05) is 13.2 Å². The minimum atomic E-state index is -0.773. The van der Waals surface area contributed by atoms with Crippen LogP contribution in [-0.4, -0.2) is 37.2 Å². The summed E-state index contributed by atoms with van der Waals surface area (Å²) in [5, 5.41) is 0. The van der Waals surface area contributed by atoms with Crippen LogP contribution < -0.4 is 0 Å². The summed E-state index contributed by atoms with van der Waals surface area (Å²) >= 11 is 0. The van der Waals surface area contributed by atoms with Crippen LogP contribution in [0.2, 0.25) is 0 Å². The molecular weight excluding hydrogens is 973 g/mol. The standard InChI is InChI=1S/C73H136O6/c1-4-7-10-13-16-19-22-25-28-31-33-34-35-36-37-38-40-42-45-48-51-54-57-60-63-66-72(75)78-69-70(68-77-71(74)65-62-59-56-53-50-47-44-41-30-27-24-21-18-15-12-9-6-3)79-73(76)67-64-61-58-55-52-49-46-43-39-32-29-26-23-20-17-14-11-8-5-2/h22,25,27,30-31,33,70H,4-21,23-24,26,28-29,32,34-69H2,1-3H3/b25-22-,30-27-,33-31-. The second kappa shape index (κ2) is 68.1. The summed E-state index contributed by atoms with van der Waals surface area (Å²) in [6.45, 7) is 6.70. The van der Waals surface area contributed by atoms with E-state index in [4.69, 9.17) is 14.2 Å². The van der Waals surface area contributed by atoms with Crippen LogP contribution >= 0.6 is 0 Å². The number of hydrogen-bond donors (Lipinski definition) is 0. The van der Waals surface area contributed by atoms with Crippen LogP contribution in [-0.2, 0) is 28.6 Å². The quantitative estimate of drug-likeness (QED) is 0.0261. The highest BCUT2D eigenvalue weighted by Crippen LogP contribution is 2.18. The van der Waals surface area contributed by atoms with Gasteiger partial charge in [-0.15, -0.1) is 0 Å². The third-order valence-corrected chi connectivity index (χ3v) is 16.1. The molecule has 0 rings (SSSR count). The summed E-state index contributed by atoms with van der Waals surface area (Å²) in [4.78, 5) is 38.5. The third kappa shape index (κ3) is 66.3. The maximum Gasteiger partial charge on any atom is 0.306 e. The molecule has 0 saturated carbocycles. The van der Waals surface area contributed by atoms with Gasteiger partial charge in [-0.2, -0.15) is 0 Å². The minimum Gasteiger partial charge on any atom is -0.462 e. The molecule has 0 aromatic heterocycles. The first-order chi connectivity index (χ1) is 39.0. The Morgan fingerprint density at radius 2 is 0.456 bits per heavy atom. The minimum absolute atomic E-state index is 0.0687. The molecule has 6 heteroatoms. The molecular formula is C73H136O6. The zero-order chi connectivity index (χ0) is 57.1. The van der Waals surface area contributed by atoms with Crippen molar-refractivity contribution in [2.45, 2.75) is 399 Å². The lowest BCUT2D eigenvalue weighted by Crippen LogP contribution is -2.30. The molecule has 1 unspecified atom stereocenters. The monoisotopic (exact) mass is 1110 g/mol. The fraction of sp³-hybridized carbons (Fsp3) is 0.877. The van der Waals surface area contributed by atoms with Crippen LogP contribution in [0.5, 0.6) is 0 Å². The Morgan fingerprint density at radius 3 is 0.709 bits per heavy atom. The zero-order valence-electron chi connectivity index (χ0n) is 53.4. The number of carbonyl (C=O) groups excluding carboxylic acids is 3. The van der Waals surface area contributed by atoms with E-state index < -0.39 is 6.10 Å². The van der Waals surface area contributed by atoms with Gasteiger partial charge in [0.05, 0.1) is 0 Å². The largest absolute Gasteiger partial charge is 0.462 e. The molecule has 0 N–H and O–H groups in total. The predicted molar refractivity (Wildman–Crippen MR) is 344 cm³/mol. The second-order valence-corrected chi connectivity index (χ2v) is 24.1. The molecule has 0 saturated heterocycles. The fourth-order valence-electron chi connectivity index (χ4n) is 10.8. The molecule has 0 radical (unpaired) electrons. The first-order valence-corrected chi connectivity index (χ1v) is 35.5. The molecule has 0 fully saturated rings. The Labute approximate surface area is 493 Å². The normalized spacial score (nSPS) is 12.2. The van der Waals surface area contributed by atoms with E-state index in [1.807, 2.05) is 0 Å². The maximum atomic E-state index is 13.0. The van der Waals surface area contributed by atoms with Gasteiger partial charge in [-0.05, 0) is 77.0 Å². The van der Waals surface area contributed by atoms with E-state index in [-0.39, 0.29) is 31.1 Å². The smallest absolute Gasteiger partial charge is 0.306 e. The lowest BCUT2D eigenvalue weighted by molar-refractivity contribution is -0.167. The lowest BCUT2D eigenvalue weighted by atomic mass is 10.0. The van der Waals surface area contributed by atoms with Crippen LogP contribution in [0, 0.1) is 0 Å². The van der Waals surface area contributed by atoms with E-state index in [0.29, 0.717) is 19.3 Å². The molecule has 0 aliphatic heterocycles. The predicted octanol–water partition coefficient (Wildman–Crippen LogP) is 24.3. The third-order valence-electron chi connectivity index (χ3n) is 16.1. The average molecular weight is 1110 g/mol. The molecule has 79 heavy (non-hydrogen) atoms. The lowest BCUT2D eigenvalue weighted by Gasteiger charge is -2.18. The Morgan fingerprint density at radius 1 is 0.253 bits per heavy atom. The summed E-state index contributed by atoms with van der Waals surface area (Å²) in [7, 11) is 0. The molecule has 0 aromatic carbocycles. The van der Waals surface area contributed by atoms with Gasteiger partial charge in [0.15, 0.2) is 6.10 Å². The highest BCUT2D eigenvalue weighted by atomic mass is 16.6. The van der Waals surface area contributed by atoms with Gasteiger partial charge in [0.25, 0.3) is 0 Å². The molecule has 0 aliphatic rings. The Balaban J connectivity index is 4.29. The maximum absolute atomic E-state index is 13.0. The Kier molecular flexibility index (Phi) is 66.1. The first kappa shape index (κ1) is 76.6. The SMILES string of the molecule is CCCCCCC/C=C\C/C=C\CCCCCCCCCCCCCCCC(=O)OCC(COC(=O)CCCCCCCCC/C=C\CCCCCCCC)OC(=O)CCCCCCCCCCCCCCCCCCCCC. The van der Waals surface area contributed by atoms with Crippen molar-refractivity contribution in [1.82, 2.24) is 0 Å². The van der Waals surface area contributed by atoms with E-state index in [2.05, 4.69) is 57.2 Å². The molecule has 464 valence electrons. The number of hydrogen-bond acceptors (Lipinski definition) is 6. The zero-order valence-corrected chi connectivity index (χ0v) is 53.4.